The maximum absolute atomic E-state index is 5.75. The molecule has 0 fully saturated rings. The maximum Gasteiger partial charge on any atom is 0.233 e. The van der Waals surface area contributed by atoms with E-state index in [1.165, 1.54) is 0 Å². The highest BCUT2D eigenvalue weighted by molar-refractivity contribution is 5.03. The SMILES string of the molecule is CCC(C)(CN)c1nc(CCN(C)C)no1. The number of nitrogens with two attached hydrogens (primary N) is 1. The largest absolute Gasteiger partial charge is 0.339 e. The molecule has 0 saturated heterocycles. The Hall–Kier alpha value is -0.940. The molecule has 16 heavy (non-hydrogen) atoms. The first-order valence-electron chi connectivity index (χ1n) is 5.69. The first kappa shape index (κ1) is 13.1. The van der Waals surface area contributed by atoms with Crippen LogP contribution in [-0.4, -0.2) is 42.2 Å². The van der Waals surface area contributed by atoms with Crippen molar-refractivity contribution < 1.29 is 4.52 Å². The Morgan fingerprint density at radius 3 is 2.62 bits per heavy atom. The summed E-state index contributed by atoms with van der Waals surface area (Å²) in [6.07, 6.45) is 1.71. The van der Waals surface area contributed by atoms with Crippen molar-refractivity contribution in [2.75, 3.05) is 27.2 Å². The lowest BCUT2D eigenvalue weighted by atomic mass is 9.88. The van der Waals surface area contributed by atoms with Gasteiger partial charge in [-0.05, 0) is 27.4 Å². The molecule has 1 atom stereocenters. The first-order chi connectivity index (χ1) is 7.51. The Labute approximate surface area is 97.0 Å². The molecule has 1 unspecified atom stereocenters. The number of hydrogen-bond donors (Lipinski definition) is 1. The van der Waals surface area contributed by atoms with Gasteiger partial charge in [-0.1, -0.05) is 12.1 Å². The summed E-state index contributed by atoms with van der Waals surface area (Å²) in [5.41, 5.74) is 5.55. The lowest BCUT2D eigenvalue weighted by molar-refractivity contribution is 0.288. The van der Waals surface area contributed by atoms with E-state index in [-0.39, 0.29) is 5.41 Å². The van der Waals surface area contributed by atoms with Crippen LogP contribution in [0, 0.1) is 0 Å². The van der Waals surface area contributed by atoms with Crippen molar-refractivity contribution in [3.63, 3.8) is 0 Å². The average Bonchev–Trinajstić information content (AvgIpc) is 2.74. The number of likely N-dealkylation sites (N-methyl/N-ethyl adjacent to an activating group) is 1. The van der Waals surface area contributed by atoms with E-state index in [9.17, 15) is 0 Å². The summed E-state index contributed by atoms with van der Waals surface area (Å²) >= 11 is 0. The molecule has 0 radical (unpaired) electrons. The fourth-order valence-electron chi connectivity index (χ4n) is 1.31. The second-order valence-corrected chi connectivity index (χ2v) is 4.69. The zero-order valence-electron chi connectivity index (χ0n) is 10.7. The predicted octanol–water partition coefficient (Wildman–Crippen LogP) is 0.800. The molecule has 1 aromatic rings. The summed E-state index contributed by atoms with van der Waals surface area (Å²) < 4.78 is 5.28. The molecule has 1 heterocycles. The monoisotopic (exact) mass is 226 g/mol. The van der Waals surface area contributed by atoms with Gasteiger partial charge < -0.3 is 15.2 Å². The summed E-state index contributed by atoms with van der Waals surface area (Å²) in [5.74, 6) is 1.42. The molecule has 2 N–H and O–H groups in total. The smallest absolute Gasteiger partial charge is 0.233 e. The molecule has 0 bridgehead atoms. The lowest BCUT2D eigenvalue weighted by Crippen LogP contribution is -2.31. The Morgan fingerprint density at radius 1 is 1.44 bits per heavy atom. The van der Waals surface area contributed by atoms with Crippen LogP contribution in [0.3, 0.4) is 0 Å². The van der Waals surface area contributed by atoms with Gasteiger partial charge in [0.25, 0.3) is 0 Å². The summed E-state index contributed by atoms with van der Waals surface area (Å²) in [6.45, 7) is 5.58. The minimum Gasteiger partial charge on any atom is -0.339 e. The van der Waals surface area contributed by atoms with Gasteiger partial charge in [-0.2, -0.15) is 4.98 Å². The number of aromatic nitrogens is 2. The summed E-state index contributed by atoms with van der Waals surface area (Å²) in [6, 6.07) is 0. The van der Waals surface area contributed by atoms with Crippen molar-refractivity contribution >= 4 is 0 Å². The van der Waals surface area contributed by atoms with E-state index in [1.807, 2.05) is 14.1 Å². The Morgan fingerprint density at radius 2 is 2.12 bits per heavy atom. The maximum atomic E-state index is 5.75. The zero-order valence-corrected chi connectivity index (χ0v) is 10.7. The van der Waals surface area contributed by atoms with Gasteiger partial charge in [-0.3, -0.25) is 0 Å². The Balaban J connectivity index is 2.70. The van der Waals surface area contributed by atoms with Crippen LogP contribution in [0.4, 0.5) is 0 Å². The van der Waals surface area contributed by atoms with Gasteiger partial charge in [0.1, 0.15) is 0 Å². The fourth-order valence-corrected chi connectivity index (χ4v) is 1.31. The average molecular weight is 226 g/mol. The number of hydrogen-bond acceptors (Lipinski definition) is 5. The topological polar surface area (TPSA) is 68.2 Å². The highest BCUT2D eigenvalue weighted by atomic mass is 16.5. The van der Waals surface area contributed by atoms with E-state index >= 15 is 0 Å². The molecule has 1 rings (SSSR count). The summed E-state index contributed by atoms with van der Waals surface area (Å²) in [4.78, 5) is 6.51. The van der Waals surface area contributed by atoms with Crippen LogP contribution in [-0.2, 0) is 11.8 Å². The molecular formula is C11H22N4O. The van der Waals surface area contributed by atoms with E-state index in [0.29, 0.717) is 12.4 Å². The molecule has 0 aliphatic rings. The van der Waals surface area contributed by atoms with Crippen molar-refractivity contribution in [3.8, 4) is 0 Å². The number of nitrogens with zero attached hydrogens (tertiary/aromatic N) is 3. The molecule has 5 heteroatoms. The quantitative estimate of drug-likeness (QED) is 0.777. The Kier molecular flexibility index (Phi) is 4.44. The van der Waals surface area contributed by atoms with Gasteiger partial charge in [0.05, 0.1) is 5.41 Å². The number of rotatable bonds is 6. The van der Waals surface area contributed by atoms with Crippen molar-refractivity contribution in [1.82, 2.24) is 15.0 Å². The van der Waals surface area contributed by atoms with Crippen LogP contribution in [0.1, 0.15) is 32.0 Å². The molecule has 0 aliphatic carbocycles. The highest BCUT2D eigenvalue weighted by Crippen LogP contribution is 2.24. The summed E-state index contributed by atoms with van der Waals surface area (Å²) in [5, 5.41) is 3.98. The first-order valence-corrected chi connectivity index (χ1v) is 5.69. The molecule has 5 nitrogen and oxygen atoms in total. The van der Waals surface area contributed by atoms with E-state index in [0.717, 1.165) is 25.2 Å². The van der Waals surface area contributed by atoms with Gasteiger partial charge in [-0.25, -0.2) is 0 Å². The molecule has 0 amide bonds. The molecule has 1 aromatic heterocycles. The van der Waals surface area contributed by atoms with Crippen molar-refractivity contribution in [1.29, 1.82) is 0 Å². The van der Waals surface area contributed by atoms with Crippen LogP contribution in [0.2, 0.25) is 0 Å². The predicted molar refractivity (Wildman–Crippen MR) is 63.3 cm³/mol. The van der Waals surface area contributed by atoms with Crippen LogP contribution < -0.4 is 5.73 Å². The van der Waals surface area contributed by atoms with Gasteiger partial charge >= 0.3 is 0 Å². The highest BCUT2D eigenvalue weighted by Gasteiger charge is 2.29. The van der Waals surface area contributed by atoms with Crippen LogP contribution in [0.25, 0.3) is 0 Å². The van der Waals surface area contributed by atoms with Gasteiger partial charge in [0, 0.05) is 19.5 Å². The molecule has 92 valence electrons. The van der Waals surface area contributed by atoms with Crippen molar-refractivity contribution in [2.45, 2.75) is 32.1 Å². The van der Waals surface area contributed by atoms with E-state index < -0.39 is 0 Å². The molecule has 0 saturated carbocycles. The van der Waals surface area contributed by atoms with Gasteiger partial charge in [0.2, 0.25) is 5.89 Å². The minimum absolute atomic E-state index is 0.191. The van der Waals surface area contributed by atoms with E-state index in [4.69, 9.17) is 10.3 Å². The minimum atomic E-state index is -0.191. The van der Waals surface area contributed by atoms with Crippen LogP contribution in [0.15, 0.2) is 4.52 Å². The summed E-state index contributed by atoms with van der Waals surface area (Å²) in [7, 11) is 4.05. The van der Waals surface area contributed by atoms with Crippen molar-refractivity contribution in [2.24, 2.45) is 5.73 Å². The zero-order chi connectivity index (χ0) is 12.2. The van der Waals surface area contributed by atoms with Gasteiger partial charge in [0.15, 0.2) is 5.82 Å². The van der Waals surface area contributed by atoms with E-state index in [2.05, 4.69) is 28.9 Å². The molecule has 0 aromatic carbocycles. The third-order valence-electron chi connectivity index (χ3n) is 3.00. The third-order valence-corrected chi connectivity index (χ3v) is 3.00. The molecule has 0 spiro atoms. The van der Waals surface area contributed by atoms with Crippen LogP contribution >= 0.6 is 0 Å². The second-order valence-electron chi connectivity index (χ2n) is 4.69. The third kappa shape index (κ3) is 3.02. The normalized spacial score (nSPS) is 15.4. The molecule has 0 aliphatic heterocycles. The Bertz CT molecular complexity index is 318. The van der Waals surface area contributed by atoms with E-state index in [1.54, 1.807) is 0 Å². The standard InChI is InChI=1S/C11H22N4O/c1-5-11(2,8-12)10-13-9(14-16-10)6-7-15(3)4/h5-8,12H2,1-4H3. The second kappa shape index (κ2) is 5.41. The van der Waals surface area contributed by atoms with Crippen molar-refractivity contribution in [3.05, 3.63) is 11.7 Å². The van der Waals surface area contributed by atoms with Gasteiger partial charge in [-0.15, -0.1) is 0 Å². The molecular weight excluding hydrogens is 204 g/mol. The fraction of sp³-hybridized carbons (Fsp3) is 0.818. The lowest BCUT2D eigenvalue weighted by Gasteiger charge is -2.20. The van der Waals surface area contributed by atoms with Crippen LogP contribution in [0.5, 0.6) is 0 Å².